The maximum Gasteiger partial charge on any atom is 0.248 e. The van der Waals surface area contributed by atoms with Gasteiger partial charge in [-0.05, 0) is 18.2 Å². The van der Waals surface area contributed by atoms with E-state index in [0.717, 1.165) is 11.4 Å². The molecule has 5 heteroatoms. The number of benzene rings is 1. The second kappa shape index (κ2) is 3.83. The summed E-state index contributed by atoms with van der Waals surface area (Å²) in [5, 5.41) is 11.6. The van der Waals surface area contributed by atoms with Gasteiger partial charge in [-0.2, -0.15) is 5.26 Å². The molecule has 1 aliphatic heterocycles. The Morgan fingerprint density at radius 1 is 1.62 bits per heavy atom. The van der Waals surface area contributed by atoms with Crippen molar-refractivity contribution in [3.63, 3.8) is 0 Å². The van der Waals surface area contributed by atoms with E-state index in [1.807, 2.05) is 0 Å². The fraction of sp³-hybridized carbons (Fsp3) is 0.273. The monoisotopic (exact) mass is 216 g/mol. The molecule has 1 amide bonds. The molecule has 0 aliphatic carbocycles. The van der Waals surface area contributed by atoms with E-state index in [4.69, 9.17) is 11.0 Å². The molecular weight excluding hydrogens is 204 g/mol. The lowest BCUT2D eigenvalue weighted by Gasteiger charge is -2.34. The van der Waals surface area contributed by atoms with Gasteiger partial charge in [-0.3, -0.25) is 4.79 Å². The van der Waals surface area contributed by atoms with Crippen LogP contribution in [0.3, 0.4) is 0 Å². The van der Waals surface area contributed by atoms with E-state index in [-0.39, 0.29) is 18.5 Å². The summed E-state index contributed by atoms with van der Waals surface area (Å²) >= 11 is 0. The number of nitrogens with two attached hydrogens (primary N) is 1. The number of nitrogens with zero attached hydrogens (tertiary/aromatic N) is 2. The minimum absolute atomic E-state index is 0.109. The van der Waals surface area contributed by atoms with Gasteiger partial charge >= 0.3 is 0 Å². The van der Waals surface area contributed by atoms with Gasteiger partial charge in [0.05, 0.1) is 23.0 Å². The minimum Gasteiger partial charge on any atom is -0.360 e. The van der Waals surface area contributed by atoms with E-state index >= 15 is 0 Å². The average Bonchev–Trinajstić information content (AvgIpc) is 2.29. The molecule has 1 aromatic rings. The Morgan fingerprint density at radius 3 is 3.00 bits per heavy atom. The van der Waals surface area contributed by atoms with Crippen LogP contribution >= 0.6 is 0 Å². The molecule has 1 aliphatic rings. The highest BCUT2D eigenvalue weighted by atomic mass is 16.2. The number of hydrogen-bond donors (Lipinski definition) is 2. The lowest BCUT2D eigenvalue weighted by Crippen LogP contribution is -2.50. The molecule has 82 valence electrons. The van der Waals surface area contributed by atoms with E-state index in [0.29, 0.717) is 5.56 Å². The van der Waals surface area contributed by atoms with Crippen molar-refractivity contribution in [2.75, 3.05) is 23.8 Å². The maximum absolute atomic E-state index is 11.7. The van der Waals surface area contributed by atoms with Gasteiger partial charge in [0.2, 0.25) is 5.91 Å². The van der Waals surface area contributed by atoms with Crippen molar-refractivity contribution in [2.24, 2.45) is 5.73 Å². The van der Waals surface area contributed by atoms with Crippen LogP contribution in [0.2, 0.25) is 0 Å². The van der Waals surface area contributed by atoms with Crippen molar-refractivity contribution in [2.45, 2.75) is 6.04 Å². The number of carbonyl (C=O) groups is 1. The summed E-state index contributed by atoms with van der Waals surface area (Å²) in [4.78, 5) is 13.5. The maximum atomic E-state index is 11.7. The zero-order valence-electron chi connectivity index (χ0n) is 8.90. The number of carbonyl (C=O) groups excluding carboxylic acids is 1. The van der Waals surface area contributed by atoms with E-state index < -0.39 is 0 Å². The fourth-order valence-corrected chi connectivity index (χ4v) is 1.82. The molecule has 0 spiro atoms. The lowest BCUT2D eigenvalue weighted by atomic mass is 10.1. The van der Waals surface area contributed by atoms with Crippen molar-refractivity contribution in [3.8, 4) is 6.07 Å². The highest BCUT2D eigenvalue weighted by Crippen LogP contribution is 2.31. The molecule has 3 N–H and O–H groups in total. The molecule has 1 aromatic carbocycles. The second-order valence-corrected chi connectivity index (χ2v) is 3.70. The molecule has 5 nitrogen and oxygen atoms in total. The van der Waals surface area contributed by atoms with Crippen LogP contribution in [0.4, 0.5) is 11.4 Å². The first kappa shape index (κ1) is 10.5. The van der Waals surface area contributed by atoms with Crippen LogP contribution in [0, 0.1) is 11.3 Å². The normalized spacial score (nSPS) is 18.7. The van der Waals surface area contributed by atoms with E-state index in [1.54, 1.807) is 30.1 Å². The Labute approximate surface area is 93.5 Å². The van der Waals surface area contributed by atoms with Crippen molar-refractivity contribution in [3.05, 3.63) is 23.8 Å². The Morgan fingerprint density at radius 2 is 2.38 bits per heavy atom. The summed E-state index contributed by atoms with van der Waals surface area (Å²) in [6.07, 6.45) is 0. The highest BCUT2D eigenvalue weighted by molar-refractivity contribution is 6.03. The minimum atomic E-state index is -0.374. The summed E-state index contributed by atoms with van der Waals surface area (Å²) in [5.41, 5.74) is 7.66. The molecule has 0 bridgehead atoms. The first-order valence-electron chi connectivity index (χ1n) is 4.95. The first-order valence-corrected chi connectivity index (χ1v) is 4.95. The van der Waals surface area contributed by atoms with Crippen molar-refractivity contribution >= 4 is 17.3 Å². The Bertz CT molecular complexity index is 477. The molecule has 0 radical (unpaired) electrons. The van der Waals surface area contributed by atoms with Gasteiger partial charge in [0.25, 0.3) is 0 Å². The summed E-state index contributed by atoms with van der Waals surface area (Å²) in [7, 11) is 1.80. The number of fused-ring (bicyclic) bond motifs is 1. The van der Waals surface area contributed by atoms with E-state index in [9.17, 15) is 4.79 Å². The molecule has 1 heterocycles. The summed E-state index contributed by atoms with van der Waals surface area (Å²) in [5.74, 6) is -0.109. The molecule has 16 heavy (non-hydrogen) atoms. The van der Waals surface area contributed by atoms with Crippen LogP contribution in [0.25, 0.3) is 0 Å². The third-order valence-electron chi connectivity index (χ3n) is 2.76. The smallest absolute Gasteiger partial charge is 0.248 e. The first-order chi connectivity index (χ1) is 7.67. The summed E-state index contributed by atoms with van der Waals surface area (Å²) < 4.78 is 0. The SMILES string of the molecule is CN1c2cc(C#N)ccc2NC(=O)C1CN. The molecule has 0 fully saturated rings. The molecule has 0 aromatic heterocycles. The highest BCUT2D eigenvalue weighted by Gasteiger charge is 2.29. The predicted octanol–water partition coefficient (Wildman–Crippen LogP) is 0.274. The number of nitriles is 1. The topological polar surface area (TPSA) is 82.2 Å². The number of anilines is 2. The van der Waals surface area contributed by atoms with Gasteiger partial charge in [-0.15, -0.1) is 0 Å². The number of likely N-dealkylation sites (N-methyl/N-ethyl adjacent to an activating group) is 1. The number of amides is 1. The zero-order valence-corrected chi connectivity index (χ0v) is 8.90. The number of rotatable bonds is 1. The lowest BCUT2D eigenvalue weighted by molar-refractivity contribution is -0.117. The molecule has 1 atom stereocenters. The van der Waals surface area contributed by atoms with Crippen LogP contribution in [0.15, 0.2) is 18.2 Å². The standard InChI is InChI=1S/C11H12N4O/c1-15-9-4-7(5-12)2-3-8(9)14-11(16)10(15)6-13/h2-4,10H,6,13H2,1H3,(H,14,16). The van der Waals surface area contributed by atoms with Crippen molar-refractivity contribution in [1.29, 1.82) is 5.26 Å². The molecule has 0 saturated carbocycles. The van der Waals surface area contributed by atoms with Crippen molar-refractivity contribution < 1.29 is 4.79 Å². The largest absolute Gasteiger partial charge is 0.360 e. The van der Waals surface area contributed by atoms with Crippen LogP contribution in [-0.2, 0) is 4.79 Å². The summed E-state index contributed by atoms with van der Waals surface area (Å²) in [6, 6.07) is 6.85. The number of hydrogen-bond acceptors (Lipinski definition) is 4. The predicted molar refractivity (Wildman–Crippen MR) is 61.0 cm³/mol. The van der Waals surface area contributed by atoms with Gasteiger partial charge in [0.1, 0.15) is 6.04 Å². The molecular formula is C11H12N4O. The zero-order chi connectivity index (χ0) is 11.7. The van der Waals surface area contributed by atoms with Gasteiger partial charge in [0, 0.05) is 13.6 Å². The Kier molecular flexibility index (Phi) is 2.50. The molecule has 1 unspecified atom stereocenters. The third kappa shape index (κ3) is 1.49. The Hall–Kier alpha value is -2.06. The Balaban J connectivity index is 2.48. The van der Waals surface area contributed by atoms with Crippen LogP contribution < -0.4 is 16.0 Å². The average molecular weight is 216 g/mol. The number of nitrogens with one attached hydrogen (secondary N) is 1. The van der Waals surface area contributed by atoms with E-state index in [1.165, 1.54) is 0 Å². The molecule has 2 rings (SSSR count). The van der Waals surface area contributed by atoms with Crippen LogP contribution in [0.1, 0.15) is 5.56 Å². The van der Waals surface area contributed by atoms with Gasteiger partial charge in [-0.25, -0.2) is 0 Å². The molecule has 0 saturated heterocycles. The van der Waals surface area contributed by atoms with Gasteiger partial charge < -0.3 is 16.0 Å². The second-order valence-electron chi connectivity index (χ2n) is 3.70. The van der Waals surface area contributed by atoms with Crippen LogP contribution in [0.5, 0.6) is 0 Å². The van der Waals surface area contributed by atoms with Crippen molar-refractivity contribution in [1.82, 2.24) is 0 Å². The summed E-state index contributed by atoms with van der Waals surface area (Å²) in [6.45, 7) is 0.249. The third-order valence-corrected chi connectivity index (χ3v) is 2.76. The van der Waals surface area contributed by atoms with E-state index in [2.05, 4.69) is 11.4 Å². The van der Waals surface area contributed by atoms with Crippen LogP contribution in [-0.4, -0.2) is 25.5 Å². The fourth-order valence-electron chi connectivity index (χ4n) is 1.82. The van der Waals surface area contributed by atoms with Gasteiger partial charge in [0.15, 0.2) is 0 Å². The van der Waals surface area contributed by atoms with Gasteiger partial charge in [-0.1, -0.05) is 0 Å². The quantitative estimate of drug-likeness (QED) is 0.706.